The van der Waals surface area contributed by atoms with E-state index >= 15 is 0 Å². The lowest BCUT2D eigenvalue weighted by atomic mass is 9.82. The molecule has 2 aliphatic rings. The van der Waals surface area contributed by atoms with Crippen molar-refractivity contribution in [2.24, 2.45) is 17.8 Å². The third kappa shape index (κ3) is 4.77. The molecule has 1 saturated carbocycles. The van der Waals surface area contributed by atoms with Crippen LogP contribution in [0.25, 0.3) is 0 Å². The first-order valence-corrected chi connectivity index (χ1v) is 9.94. The first kappa shape index (κ1) is 19.2. The Morgan fingerprint density at radius 2 is 2.04 bits per heavy atom. The molecule has 3 N–H and O–H groups in total. The lowest BCUT2D eigenvalue weighted by Gasteiger charge is -2.29. The number of nitrogens with one attached hydrogen (secondary N) is 1. The fraction of sp³-hybridized carbons (Fsp3) is 0.667. The zero-order valence-electron chi connectivity index (χ0n) is 15.6. The highest BCUT2D eigenvalue weighted by molar-refractivity contribution is 5.70. The predicted octanol–water partition coefficient (Wildman–Crippen LogP) is 3.82. The van der Waals surface area contributed by atoms with Crippen LogP contribution in [0.1, 0.15) is 57.4 Å². The lowest BCUT2D eigenvalue weighted by molar-refractivity contribution is -0.157. The number of unbranched alkanes of at least 4 members (excludes halogenated alkanes) is 1. The molecule has 1 aromatic carbocycles. The van der Waals surface area contributed by atoms with Crippen molar-refractivity contribution in [1.29, 1.82) is 0 Å². The van der Waals surface area contributed by atoms with E-state index in [1.165, 1.54) is 6.42 Å². The molecule has 0 aromatic heterocycles. The number of carbonyl (C=O) groups is 1. The monoisotopic (exact) mass is 361 g/mol. The number of aromatic hydroxyl groups is 1. The van der Waals surface area contributed by atoms with E-state index in [9.17, 15) is 15.1 Å². The summed E-state index contributed by atoms with van der Waals surface area (Å²) < 4.78 is 5.55. The van der Waals surface area contributed by atoms with E-state index in [1.54, 1.807) is 12.1 Å². The third-order valence-electron chi connectivity index (χ3n) is 6.27. The van der Waals surface area contributed by atoms with Crippen LogP contribution in [0, 0.1) is 17.8 Å². The van der Waals surface area contributed by atoms with Gasteiger partial charge in [-0.25, -0.2) is 5.48 Å². The molecule has 1 aromatic rings. The number of hydroxylamine groups is 1. The van der Waals surface area contributed by atoms with Crippen LogP contribution in [0.4, 0.5) is 0 Å². The maximum Gasteiger partial charge on any atom is 0.306 e. The zero-order chi connectivity index (χ0) is 18.5. The van der Waals surface area contributed by atoms with Crippen LogP contribution in [-0.2, 0) is 16.0 Å². The maximum absolute atomic E-state index is 11.5. The molecule has 3 unspecified atom stereocenters. The Balaban J connectivity index is 1.41. The molecule has 5 heteroatoms. The Morgan fingerprint density at radius 1 is 1.27 bits per heavy atom. The number of hydrogen-bond acceptors (Lipinski definition) is 5. The van der Waals surface area contributed by atoms with Crippen LogP contribution in [0.3, 0.4) is 0 Å². The first-order valence-electron chi connectivity index (χ1n) is 9.94. The number of fused-ring (bicyclic) bond motifs is 1. The van der Waals surface area contributed by atoms with Gasteiger partial charge in [0.15, 0.2) is 0 Å². The second-order valence-corrected chi connectivity index (χ2v) is 8.09. The fourth-order valence-electron chi connectivity index (χ4n) is 4.86. The van der Waals surface area contributed by atoms with Crippen LogP contribution in [0.5, 0.6) is 5.75 Å². The first-order chi connectivity index (χ1) is 12.6. The zero-order valence-corrected chi connectivity index (χ0v) is 15.6. The summed E-state index contributed by atoms with van der Waals surface area (Å²) in [7, 11) is 0. The van der Waals surface area contributed by atoms with Crippen molar-refractivity contribution in [3.63, 3.8) is 0 Å². The molecular formula is C21H31NO4. The summed E-state index contributed by atoms with van der Waals surface area (Å²) in [5.41, 5.74) is 3.53. The van der Waals surface area contributed by atoms with Crippen molar-refractivity contribution < 1.29 is 19.8 Å². The van der Waals surface area contributed by atoms with Crippen LogP contribution in [0.2, 0.25) is 0 Å². The number of benzene rings is 1. The van der Waals surface area contributed by atoms with Gasteiger partial charge in [0.25, 0.3) is 0 Å². The van der Waals surface area contributed by atoms with Crippen LogP contribution in [-0.4, -0.2) is 28.4 Å². The molecule has 1 saturated heterocycles. The minimum Gasteiger partial charge on any atom is -0.508 e. The summed E-state index contributed by atoms with van der Waals surface area (Å²) in [6, 6.07) is 7.18. The second-order valence-electron chi connectivity index (χ2n) is 8.09. The largest absolute Gasteiger partial charge is 0.508 e. The smallest absolute Gasteiger partial charge is 0.306 e. The number of hydrogen-bond donors (Lipinski definition) is 3. The molecule has 26 heavy (non-hydrogen) atoms. The molecular weight excluding hydrogens is 330 g/mol. The van der Waals surface area contributed by atoms with Crippen molar-refractivity contribution >= 4 is 5.97 Å². The highest BCUT2D eigenvalue weighted by atomic mass is 16.5. The average Bonchev–Trinajstić information content (AvgIpc) is 2.93. The SMILES string of the molecule is C[C@@H]1CC2OC(=O)CC[C@@H]2C1CCCCC(Cc1ccc(O)cc1)NO. The van der Waals surface area contributed by atoms with Gasteiger partial charge >= 0.3 is 5.97 Å². The van der Waals surface area contributed by atoms with Gasteiger partial charge in [0.05, 0.1) is 0 Å². The maximum atomic E-state index is 11.5. The van der Waals surface area contributed by atoms with Crippen LogP contribution >= 0.6 is 0 Å². The summed E-state index contributed by atoms with van der Waals surface area (Å²) in [4.78, 5) is 11.5. The van der Waals surface area contributed by atoms with Crippen molar-refractivity contribution in [2.75, 3.05) is 0 Å². The number of carbonyl (C=O) groups excluding carboxylic acids is 1. The molecule has 0 spiro atoms. The van der Waals surface area contributed by atoms with E-state index in [0.717, 1.165) is 44.1 Å². The summed E-state index contributed by atoms with van der Waals surface area (Å²) in [5.74, 6) is 2.07. The highest BCUT2D eigenvalue weighted by Crippen LogP contribution is 2.46. The topological polar surface area (TPSA) is 78.8 Å². The van der Waals surface area contributed by atoms with Crippen molar-refractivity contribution in [3.05, 3.63) is 29.8 Å². The summed E-state index contributed by atoms with van der Waals surface area (Å²) in [6.07, 6.45) is 7.78. The minimum absolute atomic E-state index is 0.0230. The van der Waals surface area contributed by atoms with E-state index in [0.29, 0.717) is 24.2 Å². The Labute approximate surface area is 155 Å². The molecule has 1 heterocycles. The molecule has 0 amide bonds. The molecule has 5 nitrogen and oxygen atoms in total. The fourth-order valence-corrected chi connectivity index (χ4v) is 4.86. The van der Waals surface area contributed by atoms with E-state index in [1.807, 2.05) is 12.1 Å². The Bertz CT molecular complexity index is 588. The van der Waals surface area contributed by atoms with Gasteiger partial charge in [0.2, 0.25) is 0 Å². The molecule has 1 aliphatic carbocycles. The second kappa shape index (κ2) is 8.87. The Hall–Kier alpha value is -1.59. The standard InChI is InChI=1S/C21H31NO4/c1-14-12-20-19(10-11-21(24)26-20)18(14)5-3-2-4-16(22-25)13-15-6-8-17(23)9-7-15/h6-9,14,16,18-20,22-23,25H,2-5,10-13H2,1H3/t14-,16?,18?,19-,20?/m1/s1. The van der Waals surface area contributed by atoms with Crippen molar-refractivity contribution in [3.8, 4) is 5.75 Å². The third-order valence-corrected chi connectivity index (χ3v) is 6.27. The lowest BCUT2D eigenvalue weighted by Crippen LogP contribution is -2.31. The molecule has 144 valence electrons. The quantitative estimate of drug-likeness (QED) is 0.373. The van der Waals surface area contributed by atoms with Crippen LogP contribution in [0.15, 0.2) is 24.3 Å². The van der Waals surface area contributed by atoms with Gasteiger partial charge in [0, 0.05) is 12.5 Å². The van der Waals surface area contributed by atoms with E-state index < -0.39 is 0 Å². The van der Waals surface area contributed by atoms with E-state index in [4.69, 9.17) is 4.74 Å². The Morgan fingerprint density at radius 3 is 2.77 bits per heavy atom. The average molecular weight is 361 g/mol. The van der Waals surface area contributed by atoms with Gasteiger partial charge in [-0.15, -0.1) is 0 Å². The van der Waals surface area contributed by atoms with Gasteiger partial charge < -0.3 is 15.1 Å². The number of ether oxygens (including phenoxy) is 1. The minimum atomic E-state index is -0.0230. The predicted molar refractivity (Wildman–Crippen MR) is 98.9 cm³/mol. The molecule has 1 aliphatic heterocycles. The number of phenols is 1. The Kier molecular flexibility index (Phi) is 6.54. The highest BCUT2D eigenvalue weighted by Gasteiger charge is 2.44. The molecule has 0 bridgehead atoms. The summed E-state index contributed by atoms with van der Waals surface area (Å²) >= 11 is 0. The summed E-state index contributed by atoms with van der Waals surface area (Å²) in [6.45, 7) is 2.29. The van der Waals surface area contributed by atoms with Gasteiger partial charge in [-0.05, 0) is 67.6 Å². The molecule has 2 fully saturated rings. The van der Waals surface area contributed by atoms with Crippen molar-refractivity contribution in [2.45, 2.75) is 70.4 Å². The normalized spacial score (nSPS) is 29.2. The van der Waals surface area contributed by atoms with E-state index in [2.05, 4.69) is 12.4 Å². The van der Waals surface area contributed by atoms with Gasteiger partial charge in [-0.1, -0.05) is 31.9 Å². The number of esters is 1. The number of phenolic OH excluding ortho intramolecular Hbond substituents is 1. The van der Waals surface area contributed by atoms with Crippen LogP contribution < -0.4 is 5.48 Å². The molecule has 5 atom stereocenters. The van der Waals surface area contributed by atoms with Crippen molar-refractivity contribution in [1.82, 2.24) is 5.48 Å². The van der Waals surface area contributed by atoms with Gasteiger partial charge in [-0.2, -0.15) is 0 Å². The van der Waals surface area contributed by atoms with Gasteiger partial charge in [-0.3, -0.25) is 4.79 Å². The number of rotatable bonds is 8. The molecule has 0 radical (unpaired) electrons. The summed E-state index contributed by atoms with van der Waals surface area (Å²) in [5, 5.41) is 18.8. The van der Waals surface area contributed by atoms with Gasteiger partial charge in [0.1, 0.15) is 11.9 Å². The molecule has 3 rings (SSSR count). The van der Waals surface area contributed by atoms with E-state index in [-0.39, 0.29) is 23.9 Å².